The second kappa shape index (κ2) is 19.7. The van der Waals surface area contributed by atoms with E-state index in [4.69, 9.17) is 24.1 Å². The molecule has 9 heteroatoms. The van der Waals surface area contributed by atoms with E-state index in [9.17, 15) is 13.6 Å². The zero-order valence-electron chi connectivity index (χ0n) is 23.3. The van der Waals surface area contributed by atoms with Gasteiger partial charge in [-0.3, -0.25) is 0 Å². The molecule has 7 nitrogen and oxygen atoms in total. The van der Waals surface area contributed by atoms with Crippen LogP contribution in [0.4, 0.5) is 8.78 Å². The number of esters is 1. The molecule has 0 amide bonds. The van der Waals surface area contributed by atoms with Gasteiger partial charge in [0.05, 0.1) is 52.9 Å². The highest BCUT2D eigenvalue weighted by Crippen LogP contribution is 2.15. The van der Waals surface area contributed by atoms with Gasteiger partial charge in [0.15, 0.2) is 0 Å². The van der Waals surface area contributed by atoms with E-state index < -0.39 is 24.2 Å². The van der Waals surface area contributed by atoms with Gasteiger partial charge in [0, 0.05) is 0 Å². The van der Waals surface area contributed by atoms with Crippen LogP contribution in [0, 0.1) is 0 Å². The summed E-state index contributed by atoms with van der Waals surface area (Å²) in [4.78, 5) is 11.1. The third kappa shape index (κ3) is 15.0. The Hall–Kier alpha value is -3.27. The molecule has 216 valence electrons. The van der Waals surface area contributed by atoms with Crippen LogP contribution < -0.4 is 9.47 Å². The van der Waals surface area contributed by atoms with Crippen LogP contribution in [0.2, 0.25) is 0 Å². The molecule has 0 heterocycles. The van der Waals surface area contributed by atoms with Gasteiger partial charge in [0.1, 0.15) is 17.3 Å². The number of carbonyl (C=O) groups is 1. The Balaban J connectivity index is 0.000000395. The molecular formula is C30H40F2O7. The molecule has 2 aromatic rings. The molecule has 39 heavy (non-hydrogen) atoms. The zero-order chi connectivity index (χ0) is 29.0. The van der Waals surface area contributed by atoms with Crippen LogP contribution in [0.25, 0.3) is 0 Å². The number of aliphatic hydroxyl groups is 1. The Labute approximate surface area is 230 Å². The van der Waals surface area contributed by atoms with E-state index in [1.165, 1.54) is 12.2 Å². The van der Waals surface area contributed by atoms with Crippen molar-refractivity contribution in [2.75, 3.05) is 27.4 Å². The summed E-state index contributed by atoms with van der Waals surface area (Å²) < 4.78 is 51.8. The second-order valence-electron chi connectivity index (χ2n) is 8.49. The first-order valence-corrected chi connectivity index (χ1v) is 12.7. The van der Waals surface area contributed by atoms with E-state index >= 15 is 0 Å². The molecule has 2 atom stereocenters. The van der Waals surface area contributed by atoms with Gasteiger partial charge in [-0.15, -0.1) is 0 Å². The number of rotatable bonds is 15. The lowest BCUT2D eigenvalue weighted by Crippen LogP contribution is -2.09. The third-order valence-corrected chi connectivity index (χ3v) is 5.31. The molecule has 0 aliphatic carbocycles. The van der Waals surface area contributed by atoms with Crippen molar-refractivity contribution >= 4 is 5.97 Å². The van der Waals surface area contributed by atoms with E-state index in [1.807, 2.05) is 62.4 Å². The summed E-state index contributed by atoms with van der Waals surface area (Å²) in [7, 11) is 3.23. The van der Waals surface area contributed by atoms with Crippen LogP contribution in [0.15, 0.2) is 72.3 Å². The Bertz CT molecular complexity index is 1000. The fourth-order valence-electron chi connectivity index (χ4n) is 2.97. The fourth-order valence-corrected chi connectivity index (χ4v) is 2.97. The van der Waals surface area contributed by atoms with Gasteiger partial charge in [-0.25, -0.2) is 9.18 Å². The molecular weight excluding hydrogens is 510 g/mol. The average Bonchev–Trinajstić information content (AvgIpc) is 2.97. The van der Waals surface area contributed by atoms with Gasteiger partial charge in [-0.05, 0) is 81.2 Å². The summed E-state index contributed by atoms with van der Waals surface area (Å²) in [5, 5.41) is 8.51. The Morgan fingerprint density at radius 3 is 1.64 bits per heavy atom. The number of halogens is 2. The second-order valence-corrected chi connectivity index (χ2v) is 8.49. The van der Waals surface area contributed by atoms with Crippen molar-refractivity contribution in [3.8, 4) is 11.5 Å². The van der Waals surface area contributed by atoms with Gasteiger partial charge in [0.25, 0.3) is 0 Å². The van der Waals surface area contributed by atoms with Crippen molar-refractivity contribution in [1.29, 1.82) is 0 Å². The van der Waals surface area contributed by atoms with Crippen molar-refractivity contribution < 1.29 is 42.4 Å². The maximum absolute atomic E-state index is 13.3. The predicted molar refractivity (Wildman–Crippen MR) is 146 cm³/mol. The standard InChI is InChI=1S/C16H21FO4.C14H19FO3/c1-4-20-16(18)15(17)10-5-12(2)21-11-13-6-8-14(19-3)9-7-13;1-11(3-6-13(15)9-16)18-10-12-4-7-14(17-2)8-5-12/h6-10,12H,4-5,11H2,1-3H3;4-8,11,16H,3,9-10H2,1-2H3/b15-10+;13-6+/t12-;11-/m11/s1. The molecule has 0 unspecified atom stereocenters. The number of hydrogen-bond donors (Lipinski definition) is 1. The van der Waals surface area contributed by atoms with E-state index in [2.05, 4.69) is 4.74 Å². The topological polar surface area (TPSA) is 83.5 Å². The minimum Gasteiger partial charge on any atom is -0.497 e. The predicted octanol–water partition coefficient (Wildman–Crippen LogP) is 6.24. The van der Waals surface area contributed by atoms with Gasteiger partial charge >= 0.3 is 5.97 Å². The quantitative estimate of drug-likeness (QED) is 0.208. The third-order valence-electron chi connectivity index (χ3n) is 5.31. The number of hydrogen-bond acceptors (Lipinski definition) is 7. The van der Waals surface area contributed by atoms with Crippen LogP contribution in [-0.2, 0) is 32.2 Å². The van der Waals surface area contributed by atoms with Crippen molar-refractivity contribution in [3.63, 3.8) is 0 Å². The summed E-state index contributed by atoms with van der Waals surface area (Å²) in [5.41, 5.74) is 2.03. The van der Waals surface area contributed by atoms with Crippen LogP contribution >= 0.6 is 0 Å². The van der Waals surface area contributed by atoms with E-state index in [0.717, 1.165) is 22.6 Å². The monoisotopic (exact) mass is 550 g/mol. The molecule has 0 fully saturated rings. The first kappa shape index (κ1) is 33.8. The SMILES string of the molecule is CCOC(=O)/C(F)=C\C[C@@H](C)OCc1ccc(OC)cc1.COc1ccc(CO[C@H](C)C/C=C(/F)CO)cc1. The van der Waals surface area contributed by atoms with E-state index in [-0.39, 0.29) is 18.8 Å². The van der Waals surface area contributed by atoms with Crippen LogP contribution in [0.5, 0.6) is 11.5 Å². The van der Waals surface area contributed by atoms with Crippen molar-refractivity contribution in [2.45, 2.75) is 59.0 Å². The van der Waals surface area contributed by atoms with Gasteiger partial charge < -0.3 is 28.8 Å². The number of ether oxygens (including phenoxy) is 5. The van der Waals surface area contributed by atoms with Gasteiger partial charge in [-0.2, -0.15) is 4.39 Å². The molecule has 0 spiro atoms. The van der Waals surface area contributed by atoms with Crippen LogP contribution in [0.3, 0.4) is 0 Å². The lowest BCUT2D eigenvalue weighted by Gasteiger charge is -2.11. The first-order valence-electron chi connectivity index (χ1n) is 12.7. The van der Waals surface area contributed by atoms with Crippen LogP contribution in [-0.4, -0.2) is 50.7 Å². The molecule has 0 saturated heterocycles. The lowest BCUT2D eigenvalue weighted by molar-refractivity contribution is -0.140. The first-order chi connectivity index (χ1) is 18.7. The molecule has 0 aliphatic rings. The number of aliphatic hydroxyl groups excluding tert-OH is 1. The van der Waals surface area contributed by atoms with E-state index in [1.54, 1.807) is 21.1 Å². The van der Waals surface area contributed by atoms with Gasteiger partial charge in [-0.1, -0.05) is 24.3 Å². The smallest absolute Gasteiger partial charge is 0.366 e. The number of methoxy groups -OCH3 is 2. The normalized spacial score (nSPS) is 13.1. The molecule has 0 radical (unpaired) electrons. The van der Waals surface area contributed by atoms with Crippen molar-refractivity contribution in [3.05, 3.63) is 83.5 Å². The molecule has 1 N–H and O–H groups in total. The average molecular weight is 551 g/mol. The van der Waals surface area contributed by atoms with Crippen molar-refractivity contribution in [1.82, 2.24) is 0 Å². The minimum atomic E-state index is -0.931. The zero-order valence-corrected chi connectivity index (χ0v) is 23.3. The molecule has 2 aromatic carbocycles. The fraction of sp³-hybridized carbons (Fsp3) is 0.433. The maximum Gasteiger partial charge on any atom is 0.366 e. The lowest BCUT2D eigenvalue weighted by atomic mass is 10.2. The summed E-state index contributed by atoms with van der Waals surface area (Å²) in [6.07, 6.45) is 3.00. The summed E-state index contributed by atoms with van der Waals surface area (Å²) >= 11 is 0. The molecule has 0 aliphatic heterocycles. The highest BCUT2D eigenvalue weighted by Gasteiger charge is 2.10. The summed E-state index contributed by atoms with van der Waals surface area (Å²) in [6.45, 7) is 5.81. The van der Waals surface area contributed by atoms with Gasteiger partial charge in [0.2, 0.25) is 5.83 Å². The highest BCUT2D eigenvalue weighted by atomic mass is 19.1. The Morgan fingerprint density at radius 2 is 1.26 bits per heavy atom. The molecule has 0 bridgehead atoms. The molecule has 0 aromatic heterocycles. The number of benzene rings is 2. The largest absolute Gasteiger partial charge is 0.497 e. The minimum absolute atomic E-state index is 0.0931. The molecule has 2 rings (SSSR count). The van der Waals surface area contributed by atoms with Crippen LogP contribution in [0.1, 0.15) is 44.7 Å². The number of carbonyl (C=O) groups excluding carboxylic acids is 1. The Kier molecular flexibility index (Phi) is 17.1. The summed E-state index contributed by atoms with van der Waals surface area (Å²) in [5.74, 6) is -0.738. The Morgan fingerprint density at radius 1 is 0.821 bits per heavy atom. The summed E-state index contributed by atoms with van der Waals surface area (Å²) in [6, 6.07) is 15.1. The maximum atomic E-state index is 13.3. The van der Waals surface area contributed by atoms with E-state index in [0.29, 0.717) is 26.1 Å². The highest BCUT2D eigenvalue weighted by molar-refractivity contribution is 5.85. The molecule has 0 saturated carbocycles. The van der Waals surface area contributed by atoms with Crippen molar-refractivity contribution in [2.24, 2.45) is 0 Å².